The number of hydrogen-bond acceptors (Lipinski definition) is 4. The number of hydrogen-bond donors (Lipinski definition) is 0. The van der Waals surface area contributed by atoms with Crippen LogP contribution in [0.5, 0.6) is 5.75 Å². The van der Waals surface area contributed by atoms with Gasteiger partial charge in [0, 0.05) is 11.8 Å². The summed E-state index contributed by atoms with van der Waals surface area (Å²) in [4.78, 5) is 12.9. The van der Waals surface area contributed by atoms with E-state index in [0.29, 0.717) is 17.1 Å². The maximum absolute atomic E-state index is 12.9. The minimum atomic E-state index is -0.221. The number of esters is 1. The third-order valence-electron chi connectivity index (χ3n) is 12.8. The molecule has 0 radical (unpaired) electrons. The zero-order chi connectivity index (χ0) is 27.6. The molecular formula is C35H52O4. The number of rotatable bonds is 8. The summed E-state index contributed by atoms with van der Waals surface area (Å²) in [5.41, 5.74) is 1.24. The van der Waals surface area contributed by atoms with Crippen molar-refractivity contribution in [3.8, 4) is 5.75 Å². The van der Waals surface area contributed by atoms with E-state index >= 15 is 0 Å². The zero-order valence-electron chi connectivity index (χ0n) is 25.3. The van der Waals surface area contributed by atoms with Crippen LogP contribution in [0.15, 0.2) is 24.3 Å². The van der Waals surface area contributed by atoms with Gasteiger partial charge in [0.1, 0.15) is 17.5 Å². The van der Waals surface area contributed by atoms with Crippen molar-refractivity contribution in [2.75, 3.05) is 7.11 Å². The molecule has 4 aliphatic carbocycles. The van der Waals surface area contributed by atoms with E-state index in [4.69, 9.17) is 14.2 Å². The van der Waals surface area contributed by atoms with Crippen LogP contribution in [0.25, 0.3) is 0 Å². The van der Waals surface area contributed by atoms with Crippen LogP contribution in [-0.2, 0) is 9.47 Å². The van der Waals surface area contributed by atoms with Gasteiger partial charge in [-0.15, -0.1) is 0 Å². The molecule has 0 aromatic heterocycles. The first-order chi connectivity index (χ1) is 18.6. The van der Waals surface area contributed by atoms with Gasteiger partial charge in [0.05, 0.1) is 18.8 Å². The van der Waals surface area contributed by atoms with Crippen LogP contribution in [0.3, 0.4) is 0 Å². The molecule has 0 N–H and O–H groups in total. The van der Waals surface area contributed by atoms with Crippen LogP contribution in [0.4, 0.5) is 0 Å². The molecule has 5 fully saturated rings. The van der Waals surface area contributed by atoms with Crippen molar-refractivity contribution in [1.82, 2.24) is 0 Å². The molecule has 10 atom stereocenters. The number of benzene rings is 1. The number of epoxide rings is 1. The molecule has 0 amide bonds. The lowest BCUT2D eigenvalue weighted by atomic mass is 9.44. The van der Waals surface area contributed by atoms with Gasteiger partial charge < -0.3 is 14.2 Å². The Labute approximate surface area is 236 Å². The van der Waals surface area contributed by atoms with Crippen molar-refractivity contribution in [1.29, 1.82) is 0 Å². The normalized spacial score (nSPS) is 43.1. The van der Waals surface area contributed by atoms with Crippen molar-refractivity contribution in [2.45, 2.75) is 123 Å². The Bertz CT molecular complexity index is 1050. The van der Waals surface area contributed by atoms with Crippen LogP contribution < -0.4 is 4.74 Å². The van der Waals surface area contributed by atoms with Crippen LogP contribution >= 0.6 is 0 Å². The van der Waals surface area contributed by atoms with Crippen molar-refractivity contribution in [3.05, 3.63) is 29.8 Å². The molecule has 4 nitrogen and oxygen atoms in total. The average molecular weight is 537 g/mol. The molecule has 6 rings (SSSR count). The van der Waals surface area contributed by atoms with Crippen LogP contribution in [-0.4, -0.2) is 30.9 Å². The van der Waals surface area contributed by atoms with Crippen LogP contribution in [0, 0.1) is 46.3 Å². The summed E-state index contributed by atoms with van der Waals surface area (Å²) < 4.78 is 18.1. The van der Waals surface area contributed by atoms with E-state index in [2.05, 4.69) is 34.6 Å². The molecule has 0 unspecified atom stereocenters. The van der Waals surface area contributed by atoms with E-state index in [-0.39, 0.29) is 23.1 Å². The lowest BCUT2D eigenvalue weighted by molar-refractivity contribution is -0.118. The molecule has 4 heteroatoms. The number of carbonyl (C=O) groups is 1. The van der Waals surface area contributed by atoms with Gasteiger partial charge in [-0.1, -0.05) is 53.9 Å². The average Bonchev–Trinajstić information content (AvgIpc) is 3.49. The molecule has 1 aliphatic heterocycles. The Hall–Kier alpha value is -1.55. The van der Waals surface area contributed by atoms with Crippen LogP contribution in [0.2, 0.25) is 0 Å². The van der Waals surface area contributed by atoms with Crippen molar-refractivity contribution in [2.24, 2.45) is 46.3 Å². The molecular weight excluding hydrogens is 484 g/mol. The van der Waals surface area contributed by atoms with Crippen molar-refractivity contribution < 1.29 is 19.0 Å². The zero-order valence-corrected chi connectivity index (χ0v) is 25.3. The molecule has 1 aromatic rings. The first kappa shape index (κ1) is 27.6. The minimum Gasteiger partial charge on any atom is -0.497 e. The smallest absolute Gasteiger partial charge is 0.338 e. The van der Waals surface area contributed by atoms with Gasteiger partial charge in [0.25, 0.3) is 0 Å². The first-order valence-electron chi connectivity index (χ1n) is 16.1. The highest BCUT2D eigenvalue weighted by atomic mass is 16.6. The molecule has 1 heterocycles. The lowest BCUT2D eigenvalue weighted by Gasteiger charge is -2.59. The quantitative estimate of drug-likeness (QED) is 0.247. The van der Waals surface area contributed by atoms with Crippen LogP contribution in [0.1, 0.15) is 116 Å². The summed E-state index contributed by atoms with van der Waals surface area (Å²) in [6, 6.07) is 7.25. The summed E-state index contributed by atoms with van der Waals surface area (Å²) in [6.07, 6.45) is 14.3. The van der Waals surface area contributed by atoms with E-state index in [1.54, 1.807) is 19.2 Å². The van der Waals surface area contributed by atoms with E-state index in [9.17, 15) is 4.79 Å². The molecule has 5 aliphatic rings. The molecule has 0 bridgehead atoms. The molecule has 216 valence electrons. The van der Waals surface area contributed by atoms with Gasteiger partial charge in [-0.25, -0.2) is 4.79 Å². The van der Waals surface area contributed by atoms with E-state index in [0.717, 1.165) is 60.5 Å². The largest absolute Gasteiger partial charge is 0.497 e. The fourth-order valence-corrected chi connectivity index (χ4v) is 10.7. The van der Waals surface area contributed by atoms with Gasteiger partial charge in [-0.05, 0) is 110 Å². The standard InChI is InChI=1S/C35H52O4/c1-22(2)8-7-9-23(3)28-14-15-29-27-20-31-35(39-31)21-26(38-32(36)24-10-12-25(37-6)13-11-24)16-19-34(35,5)30(27)17-18-33(28,29)4/h10-13,22-23,26-31H,7-9,14-21H2,1-6H3/t23-,26-,27+,28+,29+,30-,31+,33-,34-,35+/m1/s1. The predicted molar refractivity (Wildman–Crippen MR) is 155 cm³/mol. The fraction of sp³-hybridized carbons (Fsp3) is 0.800. The Balaban J connectivity index is 1.12. The molecule has 4 saturated carbocycles. The maximum atomic E-state index is 12.9. The maximum Gasteiger partial charge on any atom is 0.338 e. The Morgan fingerprint density at radius 1 is 1.00 bits per heavy atom. The highest BCUT2D eigenvalue weighted by Gasteiger charge is 2.76. The number of methoxy groups -OCH3 is 1. The lowest BCUT2D eigenvalue weighted by Crippen LogP contribution is -2.59. The number of ether oxygens (including phenoxy) is 3. The van der Waals surface area contributed by atoms with Crippen molar-refractivity contribution >= 4 is 5.97 Å². The van der Waals surface area contributed by atoms with Gasteiger partial charge >= 0.3 is 5.97 Å². The number of carbonyl (C=O) groups excluding carboxylic acids is 1. The predicted octanol–water partition coefficient (Wildman–Crippen LogP) is 8.47. The SMILES string of the molecule is COc1ccc(C(=O)O[C@@H]2CC[C@]3(C)[C@@H]4CC[C@@]5(C)[C@@H](CC[C@H]5[C@H](C)CCCC(C)C)[C@@H]4C[C@@H]4O[C@@]43C2)cc1. The summed E-state index contributed by atoms with van der Waals surface area (Å²) in [6.45, 7) is 12.5. The summed E-state index contributed by atoms with van der Waals surface area (Å²) in [5, 5.41) is 0. The topological polar surface area (TPSA) is 48.1 Å². The van der Waals surface area contributed by atoms with E-state index in [1.165, 1.54) is 51.4 Å². The van der Waals surface area contributed by atoms with Gasteiger partial charge in [-0.2, -0.15) is 0 Å². The minimum absolute atomic E-state index is 0.0503. The Morgan fingerprint density at radius 3 is 2.49 bits per heavy atom. The third kappa shape index (κ3) is 4.46. The second kappa shape index (κ2) is 10.1. The summed E-state index contributed by atoms with van der Waals surface area (Å²) >= 11 is 0. The molecule has 1 saturated heterocycles. The van der Waals surface area contributed by atoms with Gasteiger partial charge in [0.15, 0.2) is 0 Å². The third-order valence-corrected chi connectivity index (χ3v) is 12.8. The fourth-order valence-electron chi connectivity index (χ4n) is 10.7. The second-order valence-corrected chi connectivity index (χ2v) is 15.1. The Kier molecular flexibility index (Phi) is 7.13. The highest BCUT2D eigenvalue weighted by Crippen LogP contribution is 2.74. The Morgan fingerprint density at radius 2 is 1.77 bits per heavy atom. The molecule has 39 heavy (non-hydrogen) atoms. The van der Waals surface area contributed by atoms with Gasteiger partial charge in [-0.3, -0.25) is 0 Å². The number of fused-ring (bicyclic) bond motifs is 4. The molecule has 1 aromatic carbocycles. The van der Waals surface area contributed by atoms with E-state index < -0.39 is 0 Å². The second-order valence-electron chi connectivity index (χ2n) is 15.1. The van der Waals surface area contributed by atoms with E-state index in [1.807, 2.05) is 12.1 Å². The monoisotopic (exact) mass is 536 g/mol. The first-order valence-corrected chi connectivity index (χ1v) is 16.1. The van der Waals surface area contributed by atoms with Gasteiger partial charge in [0.2, 0.25) is 0 Å². The summed E-state index contributed by atoms with van der Waals surface area (Å²) in [5.74, 6) is 5.51. The van der Waals surface area contributed by atoms with Crippen molar-refractivity contribution in [3.63, 3.8) is 0 Å². The molecule has 1 spiro atoms. The highest BCUT2D eigenvalue weighted by molar-refractivity contribution is 5.89. The summed E-state index contributed by atoms with van der Waals surface area (Å²) in [7, 11) is 1.64.